The van der Waals surface area contributed by atoms with E-state index in [9.17, 15) is 14.4 Å². The number of hydrogen-bond donors (Lipinski definition) is 2. The Labute approximate surface area is 220 Å². The number of hydrogen-bond acceptors (Lipinski definition) is 5. The van der Waals surface area contributed by atoms with Crippen LogP contribution in [0.15, 0.2) is 71.4 Å². The Morgan fingerprint density at radius 1 is 0.829 bits per heavy atom. The fourth-order valence-corrected chi connectivity index (χ4v) is 4.28. The fourth-order valence-electron chi connectivity index (χ4n) is 3.38. The zero-order valence-electron chi connectivity index (χ0n) is 17.9. The van der Waals surface area contributed by atoms with Crippen molar-refractivity contribution in [1.29, 1.82) is 0 Å². The molecular formula is C24H15Cl4N3O4. The molecule has 35 heavy (non-hydrogen) atoms. The quantitative estimate of drug-likeness (QED) is 0.349. The zero-order valence-corrected chi connectivity index (χ0v) is 20.9. The van der Waals surface area contributed by atoms with Gasteiger partial charge in [0.1, 0.15) is 16.5 Å². The van der Waals surface area contributed by atoms with Crippen molar-refractivity contribution in [1.82, 2.24) is 0 Å². The summed E-state index contributed by atoms with van der Waals surface area (Å²) >= 11 is 24.2. The molecule has 3 aromatic carbocycles. The number of carbonyl (C=O) groups is 3. The van der Waals surface area contributed by atoms with Crippen molar-refractivity contribution in [2.45, 2.75) is 0 Å². The normalized spacial score (nSPS) is 13.3. The van der Waals surface area contributed by atoms with Crippen molar-refractivity contribution in [3.05, 3.63) is 92.0 Å². The van der Waals surface area contributed by atoms with E-state index in [0.29, 0.717) is 26.4 Å². The van der Waals surface area contributed by atoms with Crippen molar-refractivity contribution >= 4 is 81.2 Å². The molecule has 0 saturated heterocycles. The molecule has 0 aliphatic carbocycles. The van der Waals surface area contributed by atoms with Gasteiger partial charge in [-0.15, -0.1) is 0 Å². The van der Waals surface area contributed by atoms with Gasteiger partial charge in [-0.1, -0.05) is 52.5 Å². The van der Waals surface area contributed by atoms with Crippen LogP contribution in [0.5, 0.6) is 5.75 Å². The van der Waals surface area contributed by atoms with E-state index in [1.165, 1.54) is 25.3 Å². The highest BCUT2D eigenvalue weighted by Crippen LogP contribution is 2.37. The third kappa shape index (κ3) is 5.23. The molecule has 1 heterocycles. The molecule has 7 nitrogen and oxygen atoms in total. The van der Waals surface area contributed by atoms with Crippen LogP contribution >= 0.6 is 46.4 Å². The van der Waals surface area contributed by atoms with Gasteiger partial charge in [0.25, 0.3) is 17.7 Å². The summed E-state index contributed by atoms with van der Waals surface area (Å²) < 4.78 is 5.26. The molecule has 2 N–H and O–H groups in total. The van der Waals surface area contributed by atoms with Crippen LogP contribution in [-0.2, 0) is 9.59 Å². The molecule has 3 amide bonds. The summed E-state index contributed by atoms with van der Waals surface area (Å²) in [5.41, 5.74) is 1.04. The van der Waals surface area contributed by atoms with Crippen LogP contribution in [0.4, 0.5) is 17.1 Å². The number of benzene rings is 3. The van der Waals surface area contributed by atoms with Crippen molar-refractivity contribution in [3.8, 4) is 5.75 Å². The lowest BCUT2D eigenvalue weighted by atomic mass is 10.1. The predicted octanol–water partition coefficient (Wildman–Crippen LogP) is 6.34. The van der Waals surface area contributed by atoms with E-state index < -0.39 is 17.7 Å². The molecule has 0 unspecified atom stereocenters. The predicted molar refractivity (Wildman–Crippen MR) is 138 cm³/mol. The molecule has 0 saturated carbocycles. The third-order valence-electron chi connectivity index (χ3n) is 4.92. The minimum Gasteiger partial charge on any atom is -0.495 e. The van der Waals surface area contributed by atoms with E-state index in [1.807, 2.05) is 0 Å². The number of carbonyl (C=O) groups excluding carboxylic acids is 3. The van der Waals surface area contributed by atoms with Gasteiger partial charge < -0.3 is 15.4 Å². The minimum absolute atomic E-state index is 0.151. The van der Waals surface area contributed by atoms with Gasteiger partial charge in [0, 0.05) is 32.0 Å². The second kappa shape index (κ2) is 10.2. The number of amides is 3. The number of ether oxygens (including phenoxy) is 1. The van der Waals surface area contributed by atoms with Gasteiger partial charge in [0.05, 0.1) is 12.8 Å². The summed E-state index contributed by atoms with van der Waals surface area (Å²) in [7, 11) is 1.40. The van der Waals surface area contributed by atoms with Crippen LogP contribution in [0, 0.1) is 0 Å². The van der Waals surface area contributed by atoms with Gasteiger partial charge in [-0.25, -0.2) is 4.90 Å². The van der Waals surface area contributed by atoms with E-state index in [4.69, 9.17) is 51.1 Å². The maximum atomic E-state index is 13.1. The third-order valence-corrected chi connectivity index (χ3v) is 5.95. The molecule has 1 aliphatic heterocycles. The average molecular weight is 551 g/mol. The lowest BCUT2D eigenvalue weighted by molar-refractivity contribution is -0.120. The number of nitrogens with one attached hydrogen (secondary N) is 2. The molecule has 0 bridgehead atoms. The second-order valence-corrected chi connectivity index (χ2v) is 8.96. The Hall–Kier alpha value is -3.23. The summed E-state index contributed by atoms with van der Waals surface area (Å²) in [5, 5.41) is 6.27. The van der Waals surface area contributed by atoms with Crippen molar-refractivity contribution in [3.63, 3.8) is 0 Å². The average Bonchev–Trinajstić information content (AvgIpc) is 3.01. The Morgan fingerprint density at radius 3 is 2.23 bits per heavy atom. The molecule has 0 atom stereocenters. The highest BCUT2D eigenvalue weighted by atomic mass is 35.5. The van der Waals surface area contributed by atoms with Crippen molar-refractivity contribution < 1.29 is 19.1 Å². The fraction of sp³-hybridized carbons (Fsp3) is 0.0417. The summed E-state index contributed by atoms with van der Waals surface area (Å²) in [6.45, 7) is 0. The Balaban J connectivity index is 1.57. The molecule has 178 valence electrons. The van der Waals surface area contributed by atoms with Gasteiger partial charge >= 0.3 is 0 Å². The summed E-state index contributed by atoms with van der Waals surface area (Å²) in [4.78, 5) is 39.5. The standard InChI is InChI=1S/C24H15Cl4N3O4/c1-35-19-6-5-13(25)11-18(19)31-23(33)20(28)21(24(31)34)29-16-4-2-3-12(7-16)22(32)30-17-9-14(26)8-15(27)10-17/h2-11,29H,1H3,(H,30,32). The Kier molecular flexibility index (Phi) is 7.23. The molecule has 4 rings (SSSR count). The lowest BCUT2D eigenvalue weighted by Crippen LogP contribution is -2.32. The summed E-state index contributed by atoms with van der Waals surface area (Å²) in [6.07, 6.45) is 0. The van der Waals surface area contributed by atoms with Gasteiger partial charge in [-0.3, -0.25) is 14.4 Å². The van der Waals surface area contributed by atoms with E-state index in [-0.39, 0.29) is 27.7 Å². The van der Waals surface area contributed by atoms with Crippen LogP contribution in [-0.4, -0.2) is 24.8 Å². The lowest BCUT2D eigenvalue weighted by Gasteiger charge is -2.18. The Bertz CT molecular complexity index is 1390. The van der Waals surface area contributed by atoms with Crippen LogP contribution in [0.25, 0.3) is 0 Å². The second-order valence-electron chi connectivity index (χ2n) is 7.27. The molecule has 0 fully saturated rings. The first-order valence-corrected chi connectivity index (χ1v) is 11.5. The van der Waals surface area contributed by atoms with E-state index in [1.54, 1.807) is 42.5 Å². The van der Waals surface area contributed by atoms with Gasteiger partial charge in [0.15, 0.2) is 0 Å². The minimum atomic E-state index is -0.744. The molecular weight excluding hydrogens is 536 g/mol. The highest BCUT2D eigenvalue weighted by molar-refractivity contribution is 6.53. The van der Waals surface area contributed by atoms with E-state index >= 15 is 0 Å². The van der Waals surface area contributed by atoms with Gasteiger partial charge in [-0.05, 0) is 54.6 Å². The van der Waals surface area contributed by atoms with Crippen LogP contribution in [0.1, 0.15) is 10.4 Å². The largest absolute Gasteiger partial charge is 0.495 e. The van der Waals surface area contributed by atoms with Crippen LogP contribution in [0.3, 0.4) is 0 Å². The number of methoxy groups -OCH3 is 1. The number of halogens is 4. The molecule has 11 heteroatoms. The van der Waals surface area contributed by atoms with Gasteiger partial charge in [-0.2, -0.15) is 0 Å². The van der Waals surface area contributed by atoms with Gasteiger partial charge in [0.2, 0.25) is 0 Å². The topological polar surface area (TPSA) is 87.7 Å². The first-order valence-electron chi connectivity index (χ1n) is 9.94. The van der Waals surface area contributed by atoms with Crippen LogP contribution < -0.4 is 20.3 Å². The molecule has 0 spiro atoms. The molecule has 1 aliphatic rings. The molecule has 0 aromatic heterocycles. The zero-order chi connectivity index (χ0) is 25.3. The maximum absolute atomic E-state index is 13.1. The van der Waals surface area contributed by atoms with Crippen LogP contribution in [0.2, 0.25) is 15.1 Å². The monoisotopic (exact) mass is 549 g/mol. The van der Waals surface area contributed by atoms with E-state index in [0.717, 1.165) is 4.90 Å². The van der Waals surface area contributed by atoms with Crippen molar-refractivity contribution in [2.24, 2.45) is 0 Å². The summed E-state index contributed by atoms with van der Waals surface area (Å²) in [5.74, 6) is -1.62. The maximum Gasteiger partial charge on any atom is 0.283 e. The smallest absolute Gasteiger partial charge is 0.283 e. The number of anilines is 3. The number of nitrogens with zero attached hydrogens (tertiary/aromatic N) is 1. The molecule has 0 radical (unpaired) electrons. The first kappa shape index (κ1) is 24.9. The Morgan fingerprint density at radius 2 is 1.54 bits per heavy atom. The van der Waals surface area contributed by atoms with E-state index in [2.05, 4.69) is 10.6 Å². The number of imide groups is 1. The number of rotatable bonds is 6. The SMILES string of the molecule is COc1ccc(Cl)cc1N1C(=O)C(Cl)=C(Nc2cccc(C(=O)Nc3cc(Cl)cc(Cl)c3)c2)C1=O. The highest BCUT2D eigenvalue weighted by Gasteiger charge is 2.40. The first-order chi connectivity index (χ1) is 16.7. The summed E-state index contributed by atoms with van der Waals surface area (Å²) in [6, 6.07) is 15.5. The van der Waals surface area contributed by atoms with Crippen molar-refractivity contribution in [2.75, 3.05) is 22.6 Å². The molecule has 3 aromatic rings.